The number of anilines is 1. The fourth-order valence-electron chi connectivity index (χ4n) is 3.77. The van der Waals surface area contributed by atoms with Crippen LogP contribution < -0.4 is 5.32 Å². The molecule has 0 radical (unpaired) electrons. The second-order valence-corrected chi connectivity index (χ2v) is 7.11. The summed E-state index contributed by atoms with van der Waals surface area (Å²) < 4.78 is 7.48. The van der Waals surface area contributed by atoms with Crippen molar-refractivity contribution in [1.29, 1.82) is 0 Å². The van der Waals surface area contributed by atoms with Gasteiger partial charge in [-0.15, -0.1) is 0 Å². The maximum atomic E-state index is 13.0. The predicted octanol–water partition coefficient (Wildman–Crippen LogP) is 5.32. The van der Waals surface area contributed by atoms with Crippen molar-refractivity contribution < 1.29 is 9.53 Å². The number of hydrogen-bond donors (Lipinski definition) is 1. The fourth-order valence-corrected chi connectivity index (χ4v) is 4.01. The first kappa shape index (κ1) is 18.6. The van der Waals surface area contributed by atoms with Gasteiger partial charge < -0.3 is 10.1 Å². The van der Waals surface area contributed by atoms with E-state index in [1.807, 2.05) is 60.0 Å². The normalized spacial score (nSPS) is 16.0. The molecule has 0 amide bonds. The molecule has 0 saturated carbocycles. The highest BCUT2D eigenvalue weighted by Crippen LogP contribution is 2.42. The molecule has 4 rings (SSSR count). The van der Waals surface area contributed by atoms with Crippen LogP contribution in [0, 0.1) is 0 Å². The average Bonchev–Trinajstić information content (AvgIpc) is 3.06. The Morgan fingerprint density at radius 1 is 1.18 bits per heavy atom. The smallest absolute Gasteiger partial charge is 0.338 e. The van der Waals surface area contributed by atoms with Gasteiger partial charge in [0.05, 0.1) is 29.3 Å². The zero-order chi connectivity index (χ0) is 19.7. The van der Waals surface area contributed by atoms with E-state index in [0.29, 0.717) is 23.2 Å². The number of carbonyl (C=O) groups is 1. The van der Waals surface area contributed by atoms with E-state index >= 15 is 0 Å². The molecule has 28 heavy (non-hydrogen) atoms. The van der Waals surface area contributed by atoms with Crippen molar-refractivity contribution in [2.24, 2.45) is 0 Å². The summed E-state index contributed by atoms with van der Waals surface area (Å²) in [5.74, 6) is 0.384. The van der Waals surface area contributed by atoms with E-state index < -0.39 is 6.04 Å². The van der Waals surface area contributed by atoms with Crippen LogP contribution >= 0.6 is 11.6 Å². The van der Waals surface area contributed by atoms with Crippen molar-refractivity contribution in [3.05, 3.63) is 70.4 Å². The van der Waals surface area contributed by atoms with Crippen molar-refractivity contribution in [3.63, 3.8) is 0 Å². The fraction of sp³-hybridized carbons (Fsp3) is 0.273. The van der Waals surface area contributed by atoms with Crippen molar-refractivity contribution in [2.75, 3.05) is 11.9 Å². The third-order valence-electron chi connectivity index (χ3n) is 4.91. The van der Waals surface area contributed by atoms with Crippen molar-refractivity contribution in [2.45, 2.75) is 32.7 Å². The summed E-state index contributed by atoms with van der Waals surface area (Å²) in [5.41, 5.74) is 4.09. The average molecular weight is 396 g/mol. The number of esters is 1. The first-order valence-electron chi connectivity index (χ1n) is 9.54. The number of nitrogens with zero attached hydrogens (tertiary/aromatic N) is 2. The Hall–Kier alpha value is -2.79. The van der Waals surface area contributed by atoms with Gasteiger partial charge in [-0.25, -0.2) is 9.78 Å². The van der Waals surface area contributed by atoms with E-state index in [4.69, 9.17) is 21.3 Å². The molecule has 0 saturated heterocycles. The second kappa shape index (κ2) is 7.68. The Kier molecular flexibility index (Phi) is 5.09. The molecule has 2 heterocycles. The number of nitrogens with one attached hydrogen (secondary N) is 1. The van der Waals surface area contributed by atoms with Crippen LogP contribution in [0.1, 0.15) is 38.3 Å². The Labute approximate surface area is 169 Å². The minimum absolute atomic E-state index is 0.314. The number of fused-ring (bicyclic) bond motifs is 3. The highest BCUT2D eigenvalue weighted by molar-refractivity contribution is 6.31. The Morgan fingerprint density at radius 2 is 1.93 bits per heavy atom. The minimum atomic E-state index is -0.405. The quantitative estimate of drug-likeness (QED) is 0.594. The molecule has 3 aromatic rings. The van der Waals surface area contributed by atoms with Crippen LogP contribution in [0.2, 0.25) is 5.02 Å². The standard InChI is InChI=1S/C22H22ClN3O2/c1-3-9-17-19(21(27)28-4-2)20(14-10-5-6-11-15(14)23)26-18-13-8-7-12-16(18)24-22(26)25-17/h5-8,10-13,20H,3-4,9H2,1-2H3,(H,24,25). The molecular weight excluding hydrogens is 374 g/mol. The van der Waals surface area contributed by atoms with Gasteiger partial charge in [0, 0.05) is 10.7 Å². The summed E-state index contributed by atoms with van der Waals surface area (Å²) in [6.07, 6.45) is 1.61. The third kappa shape index (κ3) is 3.06. The van der Waals surface area contributed by atoms with Crippen molar-refractivity contribution in [1.82, 2.24) is 9.55 Å². The predicted molar refractivity (Wildman–Crippen MR) is 112 cm³/mol. The molecule has 1 aliphatic rings. The second-order valence-electron chi connectivity index (χ2n) is 6.71. The lowest BCUT2D eigenvalue weighted by molar-refractivity contribution is -0.139. The van der Waals surface area contributed by atoms with Crippen LogP contribution in [0.25, 0.3) is 11.0 Å². The number of allylic oxidation sites excluding steroid dienone is 1. The molecule has 0 bridgehead atoms. The number of hydrogen-bond acceptors (Lipinski definition) is 4. The SMILES string of the molecule is CCCC1=C(C(=O)OCC)C(c2ccccc2Cl)n2c(nc3ccccc32)N1. The van der Waals surface area contributed by atoms with Gasteiger partial charge in [0.2, 0.25) is 5.95 Å². The molecule has 0 fully saturated rings. The van der Waals surface area contributed by atoms with Gasteiger partial charge in [-0.05, 0) is 37.1 Å². The Bertz CT molecular complexity index is 1070. The Balaban J connectivity index is 2.02. The van der Waals surface area contributed by atoms with E-state index in [-0.39, 0.29) is 5.97 Å². The molecule has 0 spiro atoms. The first-order chi connectivity index (χ1) is 13.7. The number of benzene rings is 2. The topological polar surface area (TPSA) is 56.2 Å². The zero-order valence-corrected chi connectivity index (χ0v) is 16.7. The largest absolute Gasteiger partial charge is 0.463 e. The monoisotopic (exact) mass is 395 g/mol. The lowest BCUT2D eigenvalue weighted by Crippen LogP contribution is -2.30. The summed E-state index contributed by atoms with van der Waals surface area (Å²) in [7, 11) is 0. The molecule has 5 nitrogen and oxygen atoms in total. The Morgan fingerprint density at radius 3 is 2.68 bits per heavy atom. The van der Waals surface area contributed by atoms with E-state index in [9.17, 15) is 4.79 Å². The first-order valence-corrected chi connectivity index (χ1v) is 9.92. The van der Waals surface area contributed by atoms with E-state index in [1.54, 1.807) is 0 Å². The van der Waals surface area contributed by atoms with Crippen LogP contribution in [0.4, 0.5) is 5.95 Å². The molecule has 1 aliphatic heterocycles. The summed E-state index contributed by atoms with van der Waals surface area (Å²) in [6.45, 7) is 4.21. The van der Waals surface area contributed by atoms with Crippen LogP contribution in [-0.2, 0) is 9.53 Å². The number of rotatable bonds is 5. The molecule has 0 aliphatic carbocycles. The summed E-state index contributed by atoms with van der Waals surface area (Å²) in [6, 6.07) is 15.1. The van der Waals surface area contributed by atoms with Gasteiger partial charge >= 0.3 is 5.97 Å². The molecule has 6 heteroatoms. The van der Waals surface area contributed by atoms with Gasteiger partial charge in [-0.3, -0.25) is 4.57 Å². The van der Waals surface area contributed by atoms with Gasteiger partial charge in [-0.2, -0.15) is 0 Å². The van der Waals surface area contributed by atoms with E-state index in [0.717, 1.165) is 35.1 Å². The number of carbonyl (C=O) groups excluding carboxylic acids is 1. The zero-order valence-electron chi connectivity index (χ0n) is 15.9. The number of halogens is 1. The molecule has 1 unspecified atom stereocenters. The van der Waals surface area contributed by atoms with Crippen LogP contribution in [0.3, 0.4) is 0 Å². The minimum Gasteiger partial charge on any atom is -0.463 e. The number of para-hydroxylation sites is 2. The van der Waals surface area contributed by atoms with Crippen molar-refractivity contribution >= 4 is 34.6 Å². The van der Waals surface area contributed by atoms with Crippen LogP contribution in [-0.4, -0.2) is 22.1 Å². The van der Waals surface area contributed by atoms with Crippen LogP contribution in [0.5, 0.6) is 0 Å². The summed E-state index contributed by atoms with van der Waals surface area (Å²) >= 11 is 6.59. The highest BCUT2D eigenvalue weighted by atomic mass is 35.5. The number of ether oxygens (including phenoxy) is 1. The van der Waals surface area contributed by atoms with Gasteiger partial charge in [-0.1, -0.05) is 55.3 Å². The van der Waals surface area contributed by atoms with E-state index in [2.05, 4.69) is 12.2 Å². The number of imidazole rings is 1. The molecule has 2 aromatic carbocycles. The third-order valence-corrected chi connectivity index (χ3v) is 5.25. The summed E-state index contributed by atoms with van der Waals surface area (Å²) in [4.78, 5) is 17.8. The molecule has 144 valence electrons. The van der Waals surface area contributed by atoms with Gasteiger partial charge in [0.15, 0.2) is 0 Å². The maximum Gasteiger partial charge on any atom is 0.338 e. The molecule has 1 N–H and O–H groups in total. The van der Waals surface area contributed by atoms with Crippen LogP contribution in [0.15, 0.2) is 59.8 Å². The van der Waals surface area contributed by atoms with E-state index in [1.165, 1.54) is 0 Å². The van der Waals surface area contributed by atoms with Crippen molar-refractivity contribution in [3.8, 4) is 0 Å². The number of aromatic nitrogens is 2. The highest BCUT2D eigenvalue weighted by Gasteiger charge is 2.36. The van der Waals surface area contributed by atoms with Gasteiger partial charge in [0.25, 0.3) is 0 Å². The van der Waals surface area contributed by atoms with Gasteiger partial charge in [0.1, 0.15) is 0 Å². The maximum absolute atomic E-state index is 13.0. The lowest BCUT2D eigenvalue weighted by atomic mass is 9.93. The molecule has 1 atom stereocenters. The lowest BCUT2D eigenvalue weighted by Gasteiger charge is -2.31. The summed E-state index contributed by atoms with van der Waals surface area (Å²) in [5, 5.41) is 3.99. The molecular formula is C22H22ClN3O2. The molecule has 1 aromatic heterocycles.